The number of amides is 1. The number of likely N-dealkylation sites (tertiary alicyclic amines) is 1. The minimum absolute atomic E-state index is 0.0153. The third-order valence-electron chi connectivity index (χ3n) is 4.50. The van der Waals surface area contributed by atoms with Crippen molar-refractivity contribution in [2.75, 3.05) is 6.54 Å². The minimum atomic E-state index is -0.0153. The van der Waals surface area contributed by atoms with Gasteiger partial charge in [-0.15, -0.1) is 0 Å². The number of aromatic nitrogens is 2. The number of benzene rings is 2. The van der Waals surface area contributed by atoms with Crippen LogP contribution in [0.25, 0.3) is 11.5 Å². The van der Waals surface area contributed by atoms with E-state index in [1.165, 1.54) is 0 Å². The molecule has 0 bridgehead atoms. The van der Waals surface area contributed by atoms with Gasteiger partial charge in [0.25, 0.3) is 5.89 Å². The van der Waals surface area contributed by atoms with Gasteiger partial charge >= 0.3 is 0 Å². The Morgan fingerprint density at radius 3 is 2.80 bits per heavy atom. The fourth-order valence-corrected chi connectivity index (χ4v) is 3.20. The second kappa shape index (κ2) is 6.51. The van der Waals surface area contributed by atoms with Crippen LogP contribution in [0.15, 0.2) is 59.1 Å². The molecule has 2 aromatic carbocycles. The van der Waals surface area contributed by atoms with Gasteiger partial charge < -0.3 is 9.42 Å². The highest BCUT2D eigenvalue weighted by atomic mass is 16.5. The van der Waals surface area contributed by atoms with Gasteiger partial charge in [-0.25, -0.2) is 0 Å². The van der Waals surface area contributed by atoms with Gasteiger partial charge in [-0.1, -0.05) is 53.2 Å². The van der Waals surface area contributed by atoms with E-state index in [1.54, 1.807) is 0 Å². The first-order valence-corrected chi connectivity index (χ1v) is 8.41. The van der Waals surface area contributed by atoms with E-state index in [0.29, 0.717) is 31.2 Å². The summed E-state index contributed by atoms with van der Waals surface area (Å²) in [7, 11) is 0. The highest BCUT2D eigenvalue weighted by Gasteiger charge is 2.33. The maximum absolute atomic E-state index is 12.3. The number of carbonyl (C=O) groups excluding carboxylic acids is 1. The van der Waals surface area contributed by atoms with Crippen molar-refractivity contribution in [3.63, 3.8) is 0 Å². The molecule has 1 fully saturated rings. The molecule has 5 heteroatoms. The maximum Gasteiger partial charge on any atom is 0.257 e. The van der Waals surface area contributed by atoms with Gasteiger partial charge in [0.15, 0.2) is 5.82 Å². The third kappa shape index (κ3) is 3.31. The van der Waals surface area contributed by atoms with Crippen LogP contribution in [0.3, 0.4) is 0 Å². The molecule has 0 radical (unpaired) electrons. The quantitative estimate of drug-likeness (QED) is 0.732. The van der Waals surface area contributed by atoms with Crippen LogP contribution in [-0.2, 0) is 11.3 Å². The van der Waals surface area contributed by atoms with Gasteiger partial charge in [0.2, 0.25) is 5.91 Å². The molecule has 126 valence electrons. The van der Waals surface area contributed by atoms with Crippen molar-refractivity contribution in [1.82, 2.24) is 15.0 Å². The SMILES string of the molecule is Cc1cccc(-c2nc([C@H]3CC(=O)N(Cc4ccccc4)C3)no2)c1. The molecule has 1 aliphatic heterocycles. The molecular formula is C20H19N3O2. The van der Waals surface area contributed by atoms with Gasteiger partial charge in [0.1, 0.15) is 0 Å². The minimum Gasteiger partial charge on any atom is -0.338 e. The zero-order valence-corrected chi connectivity index (χ0v) is 14.1. The van der Waals surface area contributed by atoms with Crippen LogP contribution in [0.4, 0.5) is 0 Å². The Labute approximate surface area is 146 Å². The van der Waals surface area contributed by atoms with Crippen LogP contribution in [0.1, 0.15) is 29.3 Å². The van der Waals surface area contributed by atoms with Crippen molar-refractivity contribution in [3.05, 3.63) is 71.5 Å². The Balaban J connectivity index is 1.49. The molecule has 0 saturated carbocycles. The van der Waals surface area contributed by atoms with Crippen LogP contribution < -0.4 is 0 Å². The van der Waals surface area contributed by atoms with Crippen molar-refractivity contribution in [2.45, 2.75) is 25.8 Å². The molecule has 0 spiro atoms. The second-order valence-corrected chi connectivity index (χ2v) is 6.49. The highest BCUT2D eigenvalue weighted by Crippen LogP contribution is 2.29. The monoisotopic (exact) mass is 333 g/mol. The van der Waals surface area contributed by atoms with E-state index in [9.17, 15) is 4.79 Å². The normalized spacial score (nSPS) is 17.2. The predicted octanol–water partition coefficient (Wildman–Crippen LogP) is 3.56. The molecule has 1 atom stereocenters. The van der Waals surface area contributed by atoms with E-state index in [1.807, 2.05) is 66.4 Å². The Hall–Kier alpha value is -2.95. The molecule has 5 nitrogen and oxygen atoms in total. The molecular weight excluding hydrogens is 314 g/mol. The molecule has 1 aromatic heterocycles. The Morgan fingerprint density at radius 2 is 2.00 bits per heavy atom. The number of hydrogen-bond acceptors (Lipinski definition) is 4. The molecule has 1 saturated heterocycles. The van der Waals surface area contributed by atoms with E-state index in [2.05, 4.69) is 10.1 Å². The van der Waals surface area contributed by atoms with Gasteiger partial charge in [0, 0.05) is 31.0 Å². The average molecular weight is 333 g/mol. The summed E-state index contributed by atoms with van der Waals surface area (Å²) in [6.07, 6.45) is 0.430. The van der Waals surface area contributed by atoms with Crippen LogP contribution in [-0.4, -0.2) is 27.5 Å². The second-order valence-electron chi connectivity index (χ2n) is 6.49. The Bertz CT molecular complexity index is 889. The summed E-state index contributed by atoms with van der Waals surface area (Å²) in [6, 6.07) is 18.0. The van der Waals surface area contributed by atoms with E-state index in [4.69, 9.17) is 4.52 Å². The van der Waals surface area contributed by atoms with Crippen LogP contribution in [0, 0.1) is 6.92 Å². The van der Waals surface area contributed by atoms with E-state index >= 15 is 0 Å². The molecule has 25 heavy (non-hydrogen) atoms. The summed E-state index contributed by atoms with van der Waals surface area (Å²) in [5.74, 6) is 1.24. The maximum atomic E-state index is 12.3. The number of nitrogens with zero attached hydrogens (tertiary/aromatic N) is 3. The Morgan fingerprint density at radius 1 is 1.16 bits per heavy atom. The fourth-order valence-electron chi connectivity index (χ4n) is 3.20. The van der Waals surface area contributed by atoms with Gasteiger partial charge in [-0.2, -0.15) is 4.98 Å². The molecule has 2 heterocycles. The zero-order chi connectivity index (χ0) is 17.2. The summed E-state index contributed by atoms with van der Waals surface area (Å²) in [5.41, 5.74) is 3.18. The number of aryl methyl sites for hydroxylation is 1. The topological polar surface area (TPSA) is 59.2 Å². The molecule has 1 amide bonds. The van der Waals surface area contributed by atoms with Crippen molar-refractivity contribution < 1.29 is 9.32 Å². The molecule has 3 aromatic rings. The van der Waals surface area contributed by atoms with E-state index in [-0.39, 0.29) is 11.8 Å². The summed E-state index contributed by atoms with van der Waals surface area (Å²) in [5, 5.41) is 4.12. The summed E-state index contributed by atoms with van der Waals surface area (Å²) < 4.78 is 5.42. The zero-order valence-electron chi connectivity index (χ0n) is 14.1. The lowest BCUT2D eigenvalue weighted by Crippen LogP contribution is -2.24. The van der Waals surface area contributed by atoms with Crippen LogP contribution in [0.2, 0.25) is 0 Å². The van der Waals surface area contributed by atoms with Gasteiger partial charge in [-0.05, 0) is 24.6 Å². The highest BCUT2D eigenvalue weighted by molar-refractivity contribution is 5.79. The molecule has 0 unspecified atom stereocenters. The number of hydrogen-bond donors (Lipinski definition) is 0. The lowest BCUT2D eigenvalue weighted by molar-refractivity contribution is -0.128. The lowest BCUT2D eigenvalue weighted by atomic mass is 10.1. The number of carbonyl (C=O) groups is 1. The first-order chi connectivity index (χ1) is 12.2. The van der Waals surface area contributed by atoms with Crippen molar-refractivity contribution in [1.29, 1.82) is 0 Å². The van der Waals surface area contributed by atoms with Crippen LogP contribution >= 0.6 is 0 Å². The average Bonchev–Trinajstić information content (AvgIpc) is 3.24. The first kappa shape index (κ1) is 15.6. The largest absolute Gasteiger partial charge is 0.338 e. The van der Waals surface area contributed by atoms with E-state index < -0.39 is 0 Å². The van der Waals surface area contributed by atoms with Crippen molar-refractivity contribution in [3.8, 4) is 11.5 Å². The van der Waals surface area contributed by atoms with Gasteiger partial charge in [-0.3, -0.25) is 4.79 Å². The first-order valence-electron chi connectivity index (χ1n) is 8.41. The smallest absolute Gasteiger partial charge is 0.257 e. The third-order valence-corrected chi connectivity index (χ3v) is 4.50. The Kier molecular flexibility index (Phi) is 4.06. The van der Waals surface area contributed by atoms with Gasteiger partial charge in [0.05, 0.1) is 0 Å². The standard InChI is InChI=1S/C20H19N3O2/c1-14-6-5-9-16(10-14)20-21-19(22-25-20)17-11-18(24)23(13-17)12-15-7-3-2-4-8-15/h2-10,17H,11-13H2,1H3/t17-/m0/s1. The summed E-state index contributed by atoms with van der Waals surface area (Å²) in [4.78, 5) is 18.7. The molecule has 4 rings (SSSR count). The lowest BCUT2D eigenvalue weighted by Gasteiger charge is -2.15. The van der Waals surface area contributed by atoms with E-state index in [0.717, 1.165) is 16.7 Å². The molecule has 0 N–H and O–H groups in total. The molecule has 0 aliphatic carbocycles. The number of rotatable bonds is 4. The molecule has 1 aliphatic rings. The van der Waals surface area contributed by atoms with Crippen molar-refractivity contribution in [2.24, 2.45) is 0 Å². The summed E-state index contributed by atoms with van der Waals surface area (Å²) >= 11 is 0. The van der Waals surface area contributed by atoms with Crippen LogP contribution in [0.5, 0.6) is 0 Å². The summed E-state index contributed by atoms with van der Waals surface area (Å²) in [6.45, 7) is 3.27. The van der Waals surface area contributed by atoms with Crippen molar-refractivity contribution >= 4 is 5.91 Å². The predicted molar refractivity (Wildman–Crippen MR) is 93.7 cm³/mol. The fraction of sp³-hybridized carbons (Fsp3) is 0.250.